The number of benzene rings is 2. The van der Waals surface area contributed by atoms with Crippen LogP contribution in [0.25, 0.3) is 11.0 Å². The first-order valence-electron chi connectivity index (χ1n) is 11.3. The van der Waals surface area contributed by atoms with Crippen LogP contribution in [0.3, 0.4) is 0 Å². The average molecular weight is 449 g/mol. The molecule has 0 bridgehead atoms. The minimum absolute atomic E-state index is 0.0155. The second kappa shape index (κ2) is 8.67. The van der Waals surface area contributed by atoms with Crippen molar-refractivity contribution in [2.24, 2.45) is 0 Å². The molecule has 0 saturated carbocycles. The number of carbonyl (C=O) groups excluding carboxylic acids is 1. The highest BCUT2D eigenvalue weighted by molar-refractivity contribution is 5.99. The van der Waals surface area contributed by atoms with E-state index in [1.807, 2.05) is 26.2 Å². The maximum absolute atomic E-state index is 13.6. The topological polar surface area (TPSA) is 63.0 Å². The van der Waals surface area contributed by atoms with Gasteiger partial charge in [-0.3, -0.25) is 9.59 Å². The molecule has 174 valence electrons. The van der Waals surface area contributed by atoms with Gasteiger partial charge in [0.05, 0.1) is 24.1 Å². The number of hydrogen-bond donors (Lipinski definition) is 0. The van der Waals surface area contributed by atoms with Gasteiger partial charge in [0.15, 0.2) is 5.43 Å². The van der Waals surface area contributed by atoms with Gasteiger partial charge in [-0.1, -0.05) is 45.0 Å². The predicted molar refractivity (Wildman–Crippen MR) is 130 cm³/mol. The number of carbonyl (C=O) groups is 1. The van der Waals surface area contributed by atoms with Crippen molar-refractivity contribution in [1.82, 2.24) is 9.80 Å². The predicted octanol–water partition coefficient (Wildman–Crippen LogP) is 4.60. The fraction of sp³-hybridized carbons (Fsp3) is 0.407. The molecule has 1 atom stereocenters. The van der Waals surface area contributed by atoms with Crippen LogP contribution in [0, 0.1) is 0 Å². The quantitative estimate of drug-likeness (QED) is 0.552. The summed E-state index contributed by atoms with van der Waals surface area (Å²) >= 11 is 0. The highest BCUT2D eigenvalue weighted by Crippen LogP contribution is 2.39. The van der Waals surface area contributed by atoms with Crippen molar-refractivity contribution in [1.29, 1.82) is 0 Å². The molecule has 1 unspecified atom stereocenters. The molecule has 4 rings (SSSR count). The van der Waals surface area contributed by atoms with Gasteiger partial charge in [0, 0.05) is 12.6 Å². The van der Waals surface area contributed by atoms with Crippen LogP contribution >= 0.6 is 0 Å². The van der Waals surface area contributed by atoms with Crippen LogP contribution in [0.5, 0.6) is 5.75 Å². The van der Waals surface area contributed by atoms with Gasteiger partial charge in [-0.25, -0.2) is 0 Å². The Kier molecular flexibility index (Phi) is 6.06. The maximum atomic E-state index is 13.6. The molecular weight excluding hydrogens is 416 g/mol. The summed E-state index contributed by atoms with van der Waals surface area (Å²) in [6.45, 7) is 7.87. The second-order valence-electron chi connectivity index (χ2n) is 9.97. The number of ether oxygens (including phenoxy) is 1. The first kappa shape index (κ1) is 23.1. The summed E-state index contributed by atoms with van der Waals surface area (Å²) in [5, 5.41) is 0.453. The molecule has 6 nitrogen and oxygen atoms in total. The zero-order chi connectivity index (χ0) is 23.9. The lowest BCUT2D eigenvalue weighted by atomic mass is 9.86. The van der Waals surface area contributed by atoms with Crippen LogP contribution in [-0.2, 0) is 5.41 Å². The molecule has 1 amide bonds. The summed E-state index contributed by atoms with van der Waals surface area (Å²) in [5.41, 5.74) is 2.76. The Bertz CT molecular complexity index is 1240. The van der Waals surface area contributed by atoms with Crippen molar-refractivity contribution in [2.75, 3.05) is 34.3 Å². The lowest BCUT2D eigenvalue weighted by Gasteiger charge is -2.26. The van der Waals surface area contributed by atoms with Crippen molar-refractivity contribution >= 4 is 16.9 Å². The van der Waals surface area contributed by atoms with E-state index in [0.717, 1.165) is 18.5 Å². The van der Waals surface area contributed by atoms with Crippen molar-refractivity contribution in [2.45, 2.75) is 38.6 Å². The Hall–Kier alpha value is -3.12. The smallest absolute Gasteiger partial charge is 0.290 e. The highest BCUT2D eigenvalue weighted by Gasteiger charge is 2.42. The Morgan fingerprint density at radius 2 is 1.76 bits per heavy atom. The van der Waals surface area contributed by atoms with E-state index in [0.29, 0.717) is 28.8 Å². The number of hydrogen-bond acceptors (Lipinski definition) is 5. The third kappa shape index (κ3) is 4.27. The summed E-state index contributed by atoms with van der Waals surface area (Å²) in [6.07, 6.45) is 0.796. The van der Waals surface area contributed by atoms with E-state index in [1.165, 1.54) is 5.56 Å². The van der Waals surface area contributed by atoms with Crippen LogP contribution < -0.4 is 10.2 Å². The van der Waals surface area contributed by atoms with E-state index in [1.54, 1.807) is 30.2 Å². The van der Waals surface area contributed by atoms with E-state index in [4.69, 9.17) is 9.15 Å². The Morgan fingerprint density at radius 3 is 2.36 bits per heavy atom. The van der Waals surface area contributed by atoms with Gasteiger partial charge in [-0.2, -0.15) is 0 Å². The number of fused-ring (bicyclic) bond motifs is 2. The van der Waals surface area contributed by atoms with Crippen molar-refractivity contribution in [3.05, 3.63) is 75.1 Å². The van der Waals surface area contributed by atoms with E-state index in [9.17, 15) is 9.59 Å². The summed E-state index contributed by atoms with van der Waals surface area (Å²) in [6, 6.07) is 12.9. The summed E-state index contributed by atoms with van der Waals surface area (Å²) in [5.74, 6) is 0.471. The minimum atomic E-state index is -0.466. The van der Waals surface area contributed by atoms with Crippen molar-refractivity contribution in [3.63, 3.8) is 0 Å². The molecule has 0 N–H and O–H groups in total. The van der Waals surface area contributed by atoms with E-state index in [2.05, 4.69) is 37.8 Å². The van der Waals surface area contributed by atoms with Gasteiger partial charge in [-0.15, -0.1) is 0 Å². The molecule has 0 radical (unpaired) electrons. The molecule has 0 aliphatic carbocycles. The van der Waals surface area contributed by atoms with Gasteiger partial charge >= 0.3 is 0 Å². The maximum Gasteiger partial charge on any atom is 0.290 e. The summed E-state index contributed by atoms with van der Waals surface area (Å²) in [7, 11) is 5.57. The lowest BCUT2D eigenvalue weighted by Crippen LogP contribution is -2.32. The average Bonchev–Trinajstić information content (AvgIpc) is 3.05. The molecule has 2 aromatic carbocycles. The van der Waals surface area contributed by atoms with Crippen molar-refractivity contribution in [3.8, 4) is 5.75 Å². The summed E-state index contributed by atoms with van der Waals surface area (Å²) < 4.78 is 11.3. The first-order chi connectivity index (χ1) is 15.6. The molecule has 3 aromatic rings. The zero-order valence-electron chi connectivity index (χ0n) is 20.3. The third-order valence-electron chi connectivity index (χ3n) is 6.27. The first-order valence-corrected chi connectivity index (χ1v) is 11.3. The number of rotatable bonds is 6. The number of methoxy groups -OCH3 is 1. The highest BCUT2D eigenvalue weighted by atomic mass is 16.5. The van der Waals surface area contributed by atoms with Crippen LogP contribution in [0.4, 0.5) is 0 Å². The Labute approximate surface area is 194 Å². The third-order valence-corrected chi connectivity index (χ3v) is 6.27. The molecule has 33 heavy (non-hydrogen) atoms. The van der Waals surface area contributed by atoms with Crippen LogP contribution in [0.1, 0.15) is 60.5 Å². The molecule has 0 fully saturated rings. The van der Waals surface area contributed by atoms with Gasteiger partial charge in [0.2, 0.25) is 5.76 Å². The fourth-order valence-corrected chi connectivity index (χ4v) is 4.43. The monoisotopic (exact) mass is 448 g/mol. The molecule has 1 aliphatic rings. The molecule has 2 heterocycles. The van der Waals surface area contributed by atoms with E-state index >= 15 is 0 Å². The molecule has 0 spiro atoms. The Morgan fingerprint density at radius 1 is 1.06 bits per heavy atom. The minimum Gasteiger partial charge on any atom is -0.497 e. The lowest BCUT2D eigenvalue weighted by molar-refractivity contribution is 0.0722. The second-order valence-corrected chi connectivity index (χ2v) is 9.97. The van der Waals surface area contributed by atoms with Gasteiger partial charge in [0.1, 0.15) is 11.3 Å². The fourth-order valence-electron chi connectivity index (χ4n) is 4.43. The largest absolute Gasteiger partial charge is 0.497 e. The van der Waals surface area contributed by atoms with Gasteiger partial charge in [0.25, 0.3) is 5.91 Å². The normalized spacial score (nSPS) is 16.0. The van der Waals surface area contributed by atoms with Crippen LogP contribution in [-0.4, -0.2) is 50.0 Å². The standard InChI is InChI=1S/C27H32N2O4/c1-27(2,3)18-10-8-17(9-11-18)23-22-24(30)20-13-12-19(32-6)16-21(20)33-25(22)26(31)29(23)15-7-14-28(4)5/h8-13,16,23H,7,14-15H2,1-6H3. The SMILES string of the molecule is COc1ccc2c(=O)c3c(oc2c1)C(=O)N(CCCN(C)C)C3c1ccc(C(C)(C)C)cc1. The number of amides is 1. The summed E-state index contributed by atoms with van der Waals surface area (Å²) in [4.78, 5) is 31.0. The van der Waals surface area contributed by atoms with Gasteiger partial charge in [-0.05, 0) is 55.7 Å². The molecule has 6 heteroatoms. The number of nitrogens with zero attached hydrogens (tertiary/aromatic N) is 2. The zero-order valence-corrected chi connectivity index (χ0v) is 20.3. The Balaban J connectivity index is 1.85. The van der Waals surface area contributed by atoms with E-state index in [-0.39, 0.29) is 22.5 Å². The molecule has 0 saturated heterocycles. The van der Waals surface area contributed by atoms with E-state index < -0.39 is 6.04 Å². The van der Waals surface area contributed by atoms with Crippen LogP contribution in [0.2, 0.25) is 0 Å². The van der Waals surface area contributed by atoms with Gasteiger partial charge < -0.3 is 19.0 Å². The molecule has 1 aromatic heterocycles. The van der Waals surface area contributed by atoms with Crippen LogP contribution in [0.15, 0.2) is 51.7 Å². The molecule has 1 aliphatic heterocycles. The molecular formula is C27H32N2O4. The van der Waals surface area contributed by atoms with Crippen molar-refractivity contribution < 1.29 is 13.9 Å².